The van der Waals surface area contributed by atoms with E-state index in [1.165, 1.54) is 47.9 Å². The molecule has 2 N–H and O–H groups in total. The van der Waals surface area contributed by atoms with Gasteiger partial charge in [0.25, 0.3) is 5.69 Å². The van der Waals surface area contributed by atoms with Gasteiger partial charge in [0.15, 0.2) is 0 Å². The number of aliphatic hydroxyl groups excluding tert-OH is 1. The number of benzene rings is 1. The van der Waals surface area contributed by atoms with E-state index in [0.717, 1.165) is 0 Å². The first-order chi connectivity index (χ1) is 20.4. The van der Waals surface area contributed by atoms with E-state index in [0.29, 0.717) is 36.5 Å². The number of non-ortho nitro benzene ring substituents is 1. The lowest BCUT2D eigenvalue weighted by molar-refractivity contribution is -0.384. The van der Waals surface area contributed by atoms with E-state index >= 15 is 0 Å². The number of aliphatic hydroxyl groups is 1. The summed E-state index contributed by atoms with van der Waals surface area (Å²) in [6.45, 7) is 7.39. The van der Waals surface area contributed by atoms with E-state index in [9.17, 15) is 39.5 Å². The topological polar surface area (TPSA) is 174 Å². The first-order valence-electron chi connectivity index (χ1n) is 14.3. The third-order valence-corrected chi connectivity index (χ3v) is 10.2. The SMILES string of the molecule is CCN1CCN(C[C@@H]2C[C@H](SC3=C(C(=O)O)N4C(=O)[C@H]([C@@H](C)O)[C@H]4[C@H]3C)CN2C(=O)OCc2ccc([N+](=O)[O-])cc2)C1=O. The van der Waals surface area contributed by atoms with Crippen molar-refractivity contribution in [3.63, 3.8) is 0 Å². The van der Waals surface area contributed by atoms with Crippen molar-refractivity contribution in [1.29, 1.82) is 0 Å². The number of likely N-dealkylation sites (N-methyl/N-ethyl adjacent to an activating group) is 1. The molecule has 43 heavy (non-hydrogen) atoms. The highest BCUT2D eigenvalue weighted by Crippen LogP contribution is 2.52. The van der Waals surface area contributed by atoms with Crippen molar-refractivity contribution >= 4 is 41.5 Å². The first-order valence-corrected chi connectivity index (χ1v) is 15.2. The van der Waals surface area contributed by atoms with E-state index in [4.69, 9.17) is 4.74 Å². The van der Waals surface area contributed by atoms with Crippen LogP contribution in [0.1, 0.15) is 32.8 Å². The maximum Gasteiger partial charge on any atom is 0.410 e. The molecule has 1 aromatic rings. The number of fused-ring (bicyclic) bond motifs is 1. The number of carboxylic acid groups (broad SMARTS) is 1. The summed E-state index contributed by atoms with van der Waals surface area (Å²) in [5.41, 5.74) is 0.425. The minimum Gasteiger partial charge on any atom is -0.477 e. The Kier molecular flexibility index (Phi) is 8.56. The quantitative estimate of drug-likeness (QED) is 0.225. The number of nitrogens with zero attached hydrogens (tertiary/aromatic N) is 5. The first kappa shape index (κ1) is 30.6. The van der Waals surface area contributed by atoms with Gasteiger partial charge in [-0.15, -0.1) is 11.8 Å². The highest BCUT2D eigenvalue weighted by molar-refractivity contribution is 8.03. The number of carbonyl (C=O) groups excluding carboxylic acids is 3. The standard InChI is InChI=1S/C28H35N5O9S/c1-4-29-9-10-30(27(29)38)12-19-11-20(13-31(19)28(39)42-14-17-5-7-18(8-6-17)33(40)41)43-24-15(2)22-21(16(3)34)25(35)32(22)23(24)26(36)37/h5-8,15-16,19-22,34H,4,9-14H2,1-3H3,(H,36,37)/t15-,16-,19+,20+,21-,22-/m1/s1. The van der Waals surface area contributed by atoms with Gasteiger partial charge in [-0.05, 0) is 38.0 Å². The molecule has 4 aliphatic rings. The number of rotatable bonds is 10. The van der Waals surface area contributed by atoms with Crippen molar-refractivity contribution in [2.75, 3.05) is 32.7 Å². The van der Waals surface area contributed by atoms with Crippen LogP contribution in [0.5, 0.6) is 0 Å². The summed E-state index contributed by atoms with van der Waals surface area (Å²) >= 11 is 1.33. The normalized spacial score (nSPS) is 27.5. The minimum atomic E-state index is -1.22. The van der Waals surface area contributed by atoms with Crippen LogP contribution in [0, 0.1) is 22.0 Å². The van der Waals surface area contributed by atoms with Gasteiger partial charge in [-0.3, -0.25) is 14.9 Å². The van der Waals surface area contributed by atoms with E-state index in [-0.39, 0.29) is 48.3 Å². The number of likely N-dealkylation sites (tertiary alicyclic amines) is 1. The van der Waals surface area contributed by atoms with Crippen molar-refractivity contribution in [3.8, 4) is 0 Å². The molecule has 3 saturated heterocycles. The number of hydrogen-bond acceptors (Lipinski definition) is 9. The van der Waals surface area contributed by atoms with Crippen molar-refractivity contribution in [3.05, 3.63) is 50.5 Å². The smallest absolute Gasteiger partial charge is 0.410 e. The van der Waals surface area contributed by atoms with E-state index in [1.54, 1.807) is 14.7 Å². The number of amides is 4. The second-order valence-electron chi connectivity index (χ2n) is 11.3. The zero-order valence-electron chi connectivity index (χ0n) is 24.1. The number of carbonyl (C=O) groups is 4. The lowest BCUT2D eigenvalue weighted by Gasteiger charge is -2.46. The molecule has 4 aliphatic heterocycles. The predicted octanol–water partition coefficient (Wildman–Crippen LogP) is 2.32. The number of β-lactam (4-membered cyclic amide) rings is 1. The van der Waals surface area contributed by atoms with Gasteiger partial charge in [0.1, 0.15) is 12.3 Å². The molecule has 0 bridgehead atoms. The van der Waals surface area contributed by atoms with Gasteiger partial charge in [0.05, 0.1) is 29.0 Å². The molecule has 1 aromatic carbocycles. The van der Waals surface area contributed by atoms with Crippen LogP contribution < -0.4 is 0 Å². The highest BCUT2D eigenvalue weighted by Gasteiger charge is 2.60. The Bertz CT molecular complexity index is 1350. The molecular formula is C28H35N5O9S. The monoisotopic (exact) mass is 617 g/mol. The number of nitro benzene ring substituents is 1. The molecule has 3 fully saturated rings. The molecule has 4 heterocycles. The number of urea groups is 1. The average molecular weight is 618 g/mol. The van der Waals surface area contributed by atoms with Crippen molar-refractivity contribution in [1.82, 2.24) is 19.6 Å². The molecule has 4 amide bonds. The molecule has 0 spiro atoms. The lowest BCUT2D eigenvalue weighted by atomic mass is 9.79. The Morgan fingerprint density at radius 3 is 2.44 bits per heavy atom. The van der Waals surface area contributed by atoms with Gasteiger partial charge in [-0.25, -0.2) is 14.4 Å². The van der Waals surface area contributed by atoms with Gasteiger partial charge < -0.3 is 34.5 Å². The van der Waals surface area contributed by atoms with Crippen LogP contribution in [-0.4, -0.2) is 115 Å². The Balaban J connectivity index is 1.33. The summed E-state index contributed by atoms with van der Waals surface area (Å²) in [4.78, 5) is 68.5. The lowest BCUT2D eigenvalue weighted by Crippen LogP contribution is -2.63. The number of carboxylic acids is 1. The molecule has 5 rings (SSSR count). The maximum absolute atomic E-state index is 13.4. The molecule has 0 aromatic heterocycles. The Morgan fingerprint density at radius 2 is 1.86 bits per heavy atom. The van der Waals surface area contributed by atoms with Gasteiger partial charge >= 0.3 is 18.1 Å². The van der Waals surface area contributed by atoms with Crippen LogP contribution in [0.2, 0.25) is 0 Å². The van der Waals surface area contributed by atoms with E-state index in [2.05, 4.69) is 0 Å². The Labute approximate surface area is 252 Å². The highest BCUT2D eigenvalue weighted by atomic mass is 32.2. The van der Waals surface area contributed by atoms with Gasteiger partial charge in [-0.2, -0.15) is 0 Å². The molecule has 0 radical (unpaired) electrons. The maximum atomic E-state index is 13.4. The zero-order chi connectivity index (χ0) is 31.2. The molecule has 0 unspecified atom stereocenters. The summed E-state index contributed by atoms with van der Waals surface area (Å²) in [6, 6.07) is 4.76. The zero-order valence-corrected chi connectivity index (χ0v) is 24.9. The fourth-order valence-electron chi connectivity index (χ4n) is 6.51. The molecule has 6 atom stereocenters. The predicted molar refractivity (Wildman–Crippen MR) is 154 cm³/mol. The molecule has 0 aliphatic carbocycles. The average Bonchev–Trinajstić information content (AvgIpc) is 3.60. The Hall–Kier alpha value is -3.85. The van der Waals surface area contributed by atoms with Crippen LogP contribution in [-0.2, 0) is 20.9 Å². The second-order valence-corrected chi connectivity index (χ2v) is 12.7. The van der Waals surface area contributed by atoms with Crippen LogP contribution in [0.4, 0.5) is 15.3 Å². The van der Waals surface area contributed by atoms with E-state index < -0.39 is 47.0 Å². The summed E-state index contributed by atoms with van der Waals surface area (Å²) in [7, 11) is 0. The second kappa shape index (κ2) is 12.0. The Morgan fingerprint density at radius 1 is 1.19 bits per heavy atom. The molecule has 14 nitrogen and oxygen atoms in total. The number of ether oxygens (including phenoxy) is 1. The van der Waals surface area contributed by atoms with Crippen molar-refractivity contribution in [2.45, 2.75) is 57.2 Å². The number of thioether (sulfide) groups is 1. The fraction of sp³-hybridized carbons (Fsp3) is 0.571. The molecule has 15 heteroatoms. The number of hydrogen-bond donors (Lipinski definition) is 2. The minimum absolute atomic E-state index is 0.0755. The van der Waals surface area contributed by atoms with Gasteiger partial charge in [0.2, 0.25) is 5.91 Å². The van der Waals surface area contributed by atoms with Crippen molar-refractivity contribution < 1.29 is 39.1 Å². The van der Waals surface area contributed by atoms with Crippen molar-refractivity contribution in [2.24, 2.45) is 11.8 Å². The van der Waals surface area contributed by atoms with Crippen LogP contribution in [0.15, 0.2) is 34.9 Å². The third-order valence-electron chi connectivity index (χ3n) is 8.72. The molecule has 0 saturated carbocycles. The molecular weight excluding hydrogens is 582 g/mol. The van der Waals surface area contributed by atoms with Crippen LogP contribution >= 0.6 is 11.8 Å². The van der Waals surface area contributed by atoms with Gasteiger partial charge in [-0.1, -0.05) is 6.92 Å². The van der Waals surface area contributed by atoms with Crippen LogP contribution in [0.25, 0.3) is 0 Å². The van der Waals surface area contributed by atoms with Gasteiger partial charge in [0, 0.05) is 60.9 Å². The largest absolute Gasteiger partial charge is 0.477 e. The summed E-state index contributed by atoms with van der Waals surface area (Å²) < 4.78 is 5.58. The summed E-state index contributed by atoms with van der Waals surface area (Å²) in [6.07, 6.45) is -1.05. The molecule has 232 valence electrons. The summed E-state index contributed by atoms with van der Waals surface area (Å²) in [5, 5.41) is 30.9. The third kappa shape index (κ3) is 5.62. The van der Waals surface area contributed by atoms with Crippen LogP contribution in [0.3, 0.4) is 0 Å². The summed E-state index contributed by atoms with van der Waals surface area (Å²) in [5.74, 6) is -2.61. The number of nitro groups is 1. The van der Waals surface area contributed by atoms with E-state index in [1.807, 2.05) is 13.8 Å². The fourth-order valence-corrected chi connectivity index (χ4v) is 8.07. The number of aliphatic carboxylic acids is 1.